The van der Waals surface area contributed by atoms with Crippen LogP contribution in [-0.2, 0) is 4.79 Å². The lowest BCUT2D eigenvalue weighted by atomic mass is 10.1. The SMILES string of the molecule is O=C(COc1ccc(Cl)cc1Cl)Nc1nc(-c2ccc3ccccc3c2)cs1. The maximum atomic E-state index is 12.1. The van der Waals surface area contributed by atoms with Gasteiger partial charge in [0.2, 0.25) is 0 Å². The molecule has 0 unspecified atom stereocenters. The van der Waals surface area contributed by atoms with Crippen molar-refractivity contribution in [3.8, 4) is 17.0 Å². The maximum Gasteiger partial charge on any atom is 0.264 e. The molecule has 0 fully saturated rings. The van der Waals surface area contributed by atoms with Gasteiger partial charge < -0.3 is 4.74 Å². The van der Waals surface area contributed by atoms with E-state index in [1.165, 1.54) is 16.7 Å². The van der Waals surface area contributed by atoms with Crippen LogP contribution in [0.2, 0.25) is 10.0 Å². The van der Waals surface area contributed by atoms with Crippen molar-refractivity contribution in [2.24, 2.45) is 0 Å². The number of anilines is 1. The molecule has 0 saturated carbocycles. The summed E-state index contributed by atoms with van der Waals surface area (Å²) in [5, 5.41) is 8.35. The molecule has 4 rings (SSSR count). The molecule has 4 nitrogen and oxygen atoms in total. The van der Waals surface area contributed by atoms with Crippen molar-refractivity contribution in [1.29, 1.82) is 0 Å². The fourth-order valence-corrected chi connectivity index (χ4v) is 3.90. The average Bonchev–Trinajstić information content (AvgIpc) is 3.15. The van der Waals surface area contributed by atoms with Crippen LogP contribution < -0.4 is 10.1 Å². The van der Waals surface area contributed by atoms with Gasteiger partial charge in [0.25, 0.3) is 5.91 Å². The Balaban J connectivity index is 1.41. The van der Waals surface area contributed by atoms with E-state index in [9.17, 15) is 4.79 Å². The standard InChI is InChI=1S/C21H14Cl2N2O2S/c22-16-7-8-19(17(23)10-16)27-11-20(26)25-21-24-18(12-28-21)15-6-5-13-3-1-2-4-14(13)9-15/h1-10,12H,11H2,(H,24,25,26). The Morgan fingerprint density at radius 3 is 2.68 bits per heavy atom. The van der Waals surface area contributed by atoms with Crippen LogP contribution in [0.15, 0.2) is 66.0 Å². The minimum absolute atomic E-state index is 0.174. The fraction of sp³-hybridized carbons (Fsp3) is 0.0476. The Bertz CT molecular complexity index is 1160. The van der Waals surface area contributed by atoms with Crippen molar-refractivity contribution in [1.82, 2.24) is 4.98 Å². The monoisotopic (exact) mass is 428 g/mol. The summed E-state index contributed by atoms with van der Waals surface area (Å²) < 4.78 is 5.44. The molecule has 1 heterocycles. The molecule has 7 heteroatoms. The van der Waals surface area contributed by atoms with E-state index in [2.05, 4.69) is 34.6 Å². The zero-order valence-electron chi connectivity index (χ0n) is 14.5. The summed E-state index contributed by atoms with van der Waals surface area (Å²) in [7, 11) is 0. The van der Waals surface area contributed by atoms with E-state index in [1.54, 1.807) is 18.2 Å². The van der Waals surface area contributed by atoms with Crippen LogP contribution in [0.25, 0.3) is 22.0 Å². The Morgan fingerprint density at radius 2 is 1.86 bits per heavy atom. The van der Waals surface area contributed by atoms with Crippen LogP contribution in [0, 0.1) is 0 Å². The lowest BCUT2D eigenvalue weighted by Crippen LogP contribution is -2.20. The van der Waals surface area contributed by atoms with Crippen molar-refractivity contribution in [3.63, 3.8) is 0 Å². The van der Waals surface area contributed by atoms with E-state index >= 15 is 0 Å². The van der Waals surface area contributed by atoms with E-state index in [0.717, 1.165) is 16.6 Å². The van der Waals surface area contributed by atoms with Gasteiger partial charge in [0, 0.05) is 16.0 Å². The van der Waals surface area contributed by atoms with Crippen LogP contribution in [0.3, 0.4) is 0 Å². The number of nitrogens with one attached hydrogen (secondary N) is 1. The van der Waals surface area contributed by atoms with Crippen LogP contribution in [0.4, 0.5) is 5.13 Å². The van der Waals surface area contributed by atoms with Crippen molar-refractivity contribution in [3.05, 3.63) is 76.1 Å². The predicted octanol–water partition coefficient (Wildman–Crippen LogP) is 6.29. The molecule has 0 aliphatic carbocycles. The number of hydrogen-bond donors (Lipinski definition) is 1. The zero-order valence-corrected chi connectivity index (χ0v) is 16.8. The number of carbonyl (C=O) groups is 1. The molecule has 1 N–H and O–H groups in total. The van der Waals surface area contributed by atoms with Gasteiger partial charge >= 0.3 is 0 Å². The van der Waals surface area contributed by atoms with E-state index < -0.39 is 0 Å². The Kier molecular flexibility index (Phi) is 5.48. The number of rotatable bonds is 5. The number of thiazole rings is 1. The number of fused-ring (bicyclic) bond motifs is 1. The second kappa shape index (κ2) is 8.19. The third-order valence-electron chi connectivity index (χ3n) is 4.05. The van der Waals surface area contributed by atoms with Crippen molar-refractivity contribution in [2.45, 2.75) is 0 Å². The normalized spacial score (nSPS) is 10.8. The average molecular weight is 429 g/mol. The van der Waals surface area contributed by atoms with Crippen LogP contribution >= 0.6 is 34.5 Å². The lowest BCUT2D eigenvalue weighted by Gasteiger charge is -2.07. The van der Waals surface area contributed by atoms with Crippen LogP contribution in [-0.4, -0.2) is 17.5 Å². The van der Waals surface area contributed by atoms with Crippen molar-refractivity contribution < 1.29 is 9.53 Å². The molecule has 1 aromatic heterocycles. The Hall–Kier alpha value is -2.60. The topological polar surface area (TPSA) is 51.2 Å². The summed E-state index contributed by atoms with van der Waals surface area (Å²) in [6.45, 7) is -0.174. The molecule has 0 aliphatic rings. The number of hydrogen-bond acceptors (Lipinski definition) is 4. The Morgan fingerprint density at radius 1 is 1.04 bits per heavy atom. The highest BCUT2D eigenvalue weighted by Gasteiger charge is 2.10. The molecule has 0 atom stereocenters. The second-order valence-electron chi connectivity index (χ2n) is 6.01. The molecule has 0 radical (unpaired) electrons. The van der Waals surface area contributed by atoms with Crippen molar-refractivity contribution >= 4 is 56.3 Å². The van der Waals surface area contributed by atoms with E-state index in [0.29, 0.717) is 20.9 Å². The summed E-state index contributed by atoms with van der Waals surface area (Å²) in [4.78, 5) is 16.6. The number of halogens is 2. The third kappa shape index (κ3) is 4.28. The van der Waals surface area contributed by atoms with Crippen LogP contribution in [0.1, 0.15) is 0 Å². The quantitative estimate of drug-likeness (QED) is 0.406. The number of nitrogens with zero attached hydrogens (tertiary/aromatic N) is 1. The van der Waals surface area contributed by atoms with Gasteiger partial charge in [-0.1, -0.05) is 59.6 Å². The summed E-state index contributed by atoms with van der Waals surface area (Å²) >= 11 is 13.2. The van der Waals surface area contributed by atoms with Gasteiger partial charge in [-0.3, -0.25) is 10.1 Å². The molecular weight excluding hydrogens is 415 g/mol. The molecule has 0 spiro atoms. The highest BCUT2D eigenvalue weighted by molar-refractivity contribution is 7.14. The van der Waals surface area contributed by atoms with Gasteiger partial charge in [-0.2, -0.15) is 0 Å². The minimum Gasteiger partial charge on any atom is -0.482 e. The second-order valence-corrected chi connectivity index (χ2v) is 7.71. The maximum absolute atomic E-state index is 12.1. The van der Waals surface area contributed by atoms with Gasteiger partial charge in [-0.25, -0.2) is 4.98 Å². The van der Waals surface area contributed by atoms with Gasteiger partial charge in [-0.05, 0) is 35.0 Å². The Labute approximate surface area is 175 Å². The van der Waals surface area contributed by atoms with Gasteiger partial charge in [-0.15, -0.1) is 11.3 Å². The fourth-order valence-electron chi connectivity index (χ4n) is 2.70. The first kappa shape index (κ1) is 18.7. The number of carbonyl (C=O) groups excluding carboxylic acids is 1. The van der Waals surface area contributed by atoms with E-state index in [-0.39, 0.29) is 12.5 Å². The molecule has 0 bridgehead atoms. The van der Waals surface area contributed by atoms with E-state index in [4.69, 9.17) is 27.9 Å². The van der Waals surface area contributed by atoms with Gasteiger partial charge in [0.15, 0.2) is 11.7 Å². The van der Waals surface area contributed by atoms with Gasteiger partial charge in [0.05, 0.1) is 10.7 Å². The summed E-state index contributed by atoms with van der Waals surface area (Å²) in [6.07, 6.45) is 0. The summed E-state index contributed by atoms with van der Waals surface area (Å²) in [6, 6.07) is 19.2. The first-order valence-corrected chi connectivity index (χ1v) is 10.0. The molecule has 0 aliphatic heterocycles. The van der Waals surface area contributed by atoms with Crippen molar-refractivity contribution in [2.75, 3.05) is 11.9 Å². The van der Waals surface area contributed by atoms with E-state index in [1.807, 2.05) is 23.6 Å². The largest absolute Gasteiger partial charge is 0.482 e. The first-order chi connectivity index (χ1) is 13.6. The predicted molar refractivity (Wildman–Crippen MR) is 116 cm³/mol. The molecule has 140 valence electrons. The summed E-state index contributed by atoms with van der Waals surface area (Å²) in [5.74, 6) is 0.0858. The molecule has 4 aromatic rings. The summed E-state index contributed by atoms with van der Waals surface area (Å²) in [5.41, 5.74) is 1.81. The van der Waals surface area contributed by atoms with Gasteiger partial charge in [0.1, 0.15) is 5.75 Å². The number of benzene rings is 3. The minimum atomic E-state index is -0.314. The highest BCUT2D eigenvalue weighted by Crippen LogP contribution is 2.29. The number of amides is 1. The smallest absolute Gasteiger partial charge is 0.264 e. The molecular formula is C21H14Cl2N2O2S. The number of aromatic nitrogens is 1. The lowest BCUT2D eigenvalue weighted by molar-refractivity contribution is -0.118. The third-order valence-corrected chi connectivity index (χ3v) is 5.34. The van der Waals surface area contributed by atoms with Crippen LogP contribution in [0.5, 0.6) is 5.75 Å². The molecule has 0 saturated heterocycles. The first-order valence-electron chi connectivity index (χ1n) is 8.41. The molecule has 1 amide bonds. The molecule has 3 aromatic carbocycles. The molecule has 28 heavy (non-hydrogen) atoms. The highest BCUT2D eigenvalue weighted by atomic mass is 35.5. The number of ether oxygens (including phenoxy) is 1. The zero-order chi connectivity index (χ0) is 19.5.